The van der Waals surface area contributed by atoms with Gasteiger partial charge in [0, 0.05) is 6.04 Å². The second-order valence-corrected chi connectivity index (χ2v) is 11.7. The zero-order valence-electron chi connectivity index (χ0n) is 23.6. The zero-order chi connectivity index (χ0) is 28.9. The lowest BCUT2D eigenvalue weighted by Gasteiger charge is -2.44. The van der Waals surface area contributed by atoms with Gasteiger partial charge in [-0.15, -0.1) is 0 Å². The molecule has 3 atom stereocenters. The fourth-order valence-electron chi connectivity index (χ4n) is 4.58. The number of carbonyl (C=O) groups excluding carboxylic acids is 3. The molecule has 212 valence electrons. The Morgan fingerprint density at radius 3 is 2.36 bits per heavy atom. The number of ether oxygens (including phenoxy) is 1. The van der Waals surface area contributed by atoms with Gasteiger partial charge in [0.1, 0.15) is 23.4 Å². The Morgan fingerprint density at radius 2 is 1.82 bits per heavy atom. The Morgan fingerprint density at radius 1 is 1.15 bits per heavy atom. The summed E-state index contributed by atoms with van der Waals surface area (Å²) in [4.78, 5) is 42.7. The maximum Gasteiger partial charge on any atom is 0.408 e. The van der Waals surface area contributed by atoms with Gasteiger partial charge >= 0.3 is 6.09 Å². The van der Waals surface area contributed by atoms with Gasteiger partial charge in [-0.1, -0.05) is 56.1 Å². The molecule has 39 heavy (non-hydrogen) atoms. The van der Waals surface area contributed by atoms with Crippen molar-refractivity contribution in [2.75, 3.05) is 5.32 Å². The zero-order valence-corrected chi connectivity index (χ0v) is 24.3. The van der Waals surface area contributed by atoms with Crippen molar-refractivity contribution in [1.29, 1.82) is 0 Å². The lowest BCUT2D eigenvalue weighted by atomic mass is 9.86. The fraction of sp³-hybridized carbons (Fsp3) is 0.500. The topological polar surface area (TPSA) is 108 Å². The summed E-state index contributed by atoms with van der Waals surface area (Å²) in [5.41, 5.74) is 0.951. The third-order valence-corrected chi connectivity index (χ3v) is 7.37. The van der Waals surface area contributed by atoms with E-state index in [4.69, 9.17) is 16.3 Å². The lowest BCUT2D eigenvalue weighted by molar-refractivity contribution is -0.147. The quantitative estimate of drug-likeness (QED) is 0.333. The van der Waals surface area contributed by atoms with Gasteiger partial charge in [0.15, 0.2) is 0 Å². The molecule has 1 saturated carbocycles. The lowest BCUT2D eigenvalue weighted by Crippen LogP contribution is -2.58. The smallest absolute Gasteiger partial charge is 0.408 e. The van der Waals surface area contributed by atoms with Crippen molar-refractivity contribution in [2.24, 2.45) is 5.92 Å². The average molecular weight is 558 g/mol. The number of alkyl carbamates (subject to hydrolysis) is 1. The second kappa shape index (κ2) is 12.7. The van der Waals surface area contributed by atoms with Crippen LogP contribution in [0.15, 0.2) is 42.5 Å². The Balaban J connectivity index is 2.07. The van der Waals surface area contributed by atoms with Crippen LogP contribution in [0.25, 0.3) is 0 Å². The fourth-order valence-corrected chi connectivity index (χ4v) is 4.85. The number of anilines is 1. The van der Waals surface area contributed by atoms with E-state index in [1.807, 2.05) is 26.8 Å². The molecule has 3 amide bonds. The largest absolute Gasteiger partial charge is 0.508 e. The van der Waals surface area contributed by atoms with E-state index >= 15 is 0 Å². The molecule has 1 aliphatic rings. The molecule has 0 spiro atoms. The molecule has 2 aromatic carbocycles. The summed E-state index contributed by atoms with van der Waals surface area (Å²) in [7, 11) is 0. The molecule has 0 aliphatic heterocycles. The summed E-state index contributed by atoms with van der Waals surface area (Å²) in [5.74, 6) is -1.09. The number of aryl methyl sites for hydroxylation is 1. The van der Waals surface area contributed by atoms with E-state index in [2.05, 4.69) is 10.6 Å². The highest BCUT2D eigenvalue weighted by Gasteiger charge is 2.43. The van der Waals surface area contributed by atoms with Crippen molar-refractivity contribution in [3.63, 3.8) is 0 Å². The van der Waals surface area contributed by atoms with Crippen LogP contribution in [0.3, 0.4) is 0 Å². The van der Waals surface area contributed by atoms with Crippen LogP contribution in [0, 0.1) is 12.8 Å². The summed E-state index contributed by atoms with van der Waals surface area (Å²) in [5, 5.41) is 16.4. The van der Waals surface area contributed by atoms with E-state index in [1.54, 1.807) is 49.9 Å². The van der Waals surface area contributed by atoms with E-state index in [-0.39, 0.29) is 23.6 Å². The molecule has 0 heterocycles. The van der Waals surface area contributed by atoms with Crippen molar-refractivity contribution in [2.45, 2.75) is 91.0 Å². The predicted octanol–water partition coefficient (Wildman–Crippen LogP) is 6.35. The van der Waals surface area contributed by atoms with Crippen LogP contribution in [-0.2, 0) is 14.3 Å². The van der Waals surface area contributed by atoms with Crippen LogP contribution in [-0.4, -0.2) is 45.6 Å². The Bertz CT molecular complexity index is 1170. The minimum absolute atomic E-state index is 0.0226. The number of halogens is 1. The number of rotatable bonds is 9. The van der Waals surface area contributed by atoms with Crippen LogP contribution in [0.2, 0.25) is 5.02 Å². The first-order valence-corrected chi connectivity index (χ1v) is 13.9. The number of carbonyl (C=O) groups is 3. The van der Waals surface area contributed by atoms with Crippen LogP contribution in [0.4, 0.5) is 10.5 Å². The maximum absolute atomic E-state index is 14.4. The third kappa shape index (κ3) is 7.66. The minimum Gasteiger partial charge on any atom is -0.508 e. The Hall–Kier alpha value is -3.26. The minimum atomic E-state index is -1.07. The van der Waals surface area contributed by atoms with Gasteiger partial charge in [-0.05, 0) is 82.2 Å². The van der Waals surface area contributed by atoms with E-state index in [9.17, 15) is 19.5 Å². The van der Waals surface area contributed by atoms with Gasteiger partial charge in [0.2, 0.25) is 5.91 Å². The number of nitrogens with zero attached hydrogens (tertiary/aromatic N) is 1. The van der Waals surface area contributed by atoms with Crippen molar-refractivity contribution in [3.8, 4) is 5.75 Å². The standard InChI is InChI=1S/C30H40ClN3O5/c1-7-18(2)25(33-29(38)39-30(4,5)6)28(37)34(21-13-10-14-21)26(20-12-9-15-22(35)17-20)27(36)32-24-19(3)11-8-16-23(24)31/h8-9,11-12,15-18,21,25-26,35H,7,10,13-14H2,1-6H3,(H,32,36)(H,33,38). The first-order chi connectivity index (χ1) is 18.3. The summed E-state index contributed by atoms with van der Waals surface area (Å²) < 4.78 is 5.46. The summed E-state index contributed by atoms with van der Waals surface area (Å²) >= 11 is 6.42. The van der Waals surface area contributed by atoms with Gasteiger partial charge < -0.3 is 25.4 Å². The number of benzene rings is 2. The Labute approximate surface area is 236 Å². The predicted molar refractivity (Wildman–Crippen MR) is 153 cm³/mol. The molecular weight excluding hydrogens is 518 g/mol. The molecule has 0 aromatic heterocycles. The van der Waals surface area contributed by atoms with E-state index < -0.39 is 29.7 Å². The van der Waals surface area contributed by atoms with Crippen LogP contribution in [0.5, 0.6) is 5.75 Å². The van der Waals surface area contributed by atoms with Crippen LogP contribution >= 0.6 is 11.6 Å². The first kappa shape index (κ1) is 30.3. The molecule has 0 bridgehead atoms. The van der Waals surface area contributed by atoms with Crippen molar-refractivity contribution >= 4 is 35.2 Å². The van der Waals surface area contributed by atoms with Crippen molar-refractivity contribution < 1.29 is 24.2 Å². The second-order valence-electron chi connectivity index (χ2n) is 11.3. The molecule has 3 rings (SSSR count). The van der Waals surface area contributed by atoms with Gasteiger partial charge in [0.25, 0.3) is 5.91 Å². The third-order valence-electron chi connectivity index (χ3n) is 7.06. The SMILES string of the molecule is CCC(C)C(NC(=O)OC(C)(C)C)C(=O)N(C1CCC1)C(C(=O)Nc1c(C)cccc1Cl)c1cccc(O)c1. The molecular formula is C30H40ClN3O5. The van der Waals surface area contributed by atoms with Crippen molar-refractivity contribution in [3.05, 3.63) is 58.6 Å². The van der Waals surface area contributed by atoms with Crippen LogP contribution in [0.1, 0.15) is 77.5 Å². The number of aromatic hydroxyl groups is 1. The molecule has 1 aliphatic carbocycles. The molecule has 8 nitrogen and oxygen atoms in total. The number of amides is 3. The highest BCUT2D eigenvalue weighted by Crippen LogP contribution is 2.36. The monoisotopic (exact) mass is 557 g/mol. The number of phenolic OH excluding ortho intramolecular Hbond substituents is 1. The van der Waals surface area contributed by atoms with Gasteiger partial charge in [-0.3, -0.25) is 9.59 Å². The first-order valence-electron chi connectivity index (χ1n) is 13.5. The van der Waals surface area contributed by atoms with Gasteiger partial charge in [0.05, 0.1) is 10.7 Å². The number of phenols is 1. The molecule has 3 unspecified atom stereocenters. The van der Waals surface area contributed by atoms with Gasteiger partial charge in [-0.2, -0.15) is 0 Å². The molecule has 2 aromatic rings. The van der Waals surface area contributed by atoms with Crippen LogP contribution < -0.4 is 10.6 Å². The highest BCUT2D eigenvalue weighted by molar-refractivity contribution is 6.34. The van der Waals surface area contributed by atoms with E-state index in [1.165, 1.54) is 12.1 Å². The van der Waals surface area contributed by atoms with Gasteiger partial charge in [-0.25, -0.2) is 4.79 Å². The normalized spacial score (nSPS) is 15.9. The maximum atomic E-state index is 14.4. The van der Waals surface area contributed by atoms with E-state index in [0.717, 1.165) is 24.8 Å². The number of hydrogen-bond donors (Lipinski definition) is 3. The summed E-state index contributed by atoms with van der Waals surface area (Å²) in [6, 6.07) is 9.47. The molecule has 0 saturated heterocycles. The molecule has 0 radical (unpaired) electrons. The van der Waals surface area contributed by atoms with E-state index in [0.29, 0.717) is 22.7 Å². The number of nitrogens with one attached hydrogen (secondary N) is 2. The molecule has 1 fully saturated rings. The number of hydrogen-bond acceptors (Lipinski definition) is 5. The Kier molecular flexibility index (Phi) is 9.88. The number of para-hydroxylation sites is 1. The highest BCUT2D eigenvalue weighted by atomic mass is 35.5. The summed E-state index contributed by atoms with van der Waals surface area (Å²) in [6.07, 6.45) is 2.28. The summed E-state index contributed by atoms with van der Waals surface area (Å²) in [6.45, 7) is 10.9. The molecule has 9 heteroatoms. The average Bonchev–Trinajstić information content (AvgIpc) is 2.81. The molecule has 3 N–H and O–H groups in total. The van der Waals surface area contributed by atoms with Crippen molar-refractivity contribution in [1.82, 2.24) is 10.2 Å².